The van der Waals surface area contributed by atoms with Gasteiger partial charge in [-0.1, -0.05) is 17.7 Å². The van der Waals surface area contributed by atoms with Crippen molar-refractivity contribution in [2.75, 3.05) is 11.9 Å². The average Bonchev–Trinajstić information content (AvgIpc) is 2.85. The summed E-state index contributed by atoms with van der Waals surface area (Å²) < 4.78 is 10.3. The molecule has 0 aliphatic rings. The summed E-state index contributed by atoms with van der Waals surface area (Å²) in [5.41, 5.74) is 1.75. The van der Waals surface area contributed by atoms with E-state index in [-0.39, 0.29) is 12.4 Å². The fourth-order valence-corrected chi connectivity index (χ4v) is 1.77. The number of ether oxygens (including phenoxy) is 1. The molecular weight excluding hydrogens is 326 g/mol. The Morgan fingerprint density at radius 3 is 2.50 bits per heavy atom. The monoisotopic (exact) mass is 337 g/mol. The largest absolute Gasteiger partial charge is 0.450 e. The molecule has 0 unspecified atom stereocenters. The van der Waals surface area contributed by atoms with Crippen LogP contribution in [0, 0.1) is 6.92 Å². The summed E-state index contributed by atoms with van der Waals surface area (Å²) >= 11 is 3.08. The third-order valence-electron chi connectivity index (χ3n) is 2.44. The molecule has 2 aromatic rings. The number of carbonyl (C=O) groups excluding carboxylic acids is 2. The highest BCUT2D eigenvalue weighted by molar-refractivity contribution is 9.10. The number of benzene rings is 1. The predicted molar refractivity (Wildman–Crippen MR) is 76.5 cm³/mol. The summed E-state index contributed by atoms with van der Waals surface area (Å²) in [5, 5.41) is 2.63. The molecule has 0 spiro atoms. The molecule has 104 valence electrons. The molecule has 20 heavy (non-hydrogen) atoms. The minimum absolute atomic E-state index is 0.0417. The lowest BCUT2D eigenvalue weighted by molar-refractivity contribution is -0.119. The van der Waals surface area contributed by atoms with Gasteiger partial charge in [0.2, 0.25) is 5.76 Å². The third-order valence-corrected chi connectivity index (χ3v) is 2.87. The Kier molecular flexibility index (Phi) is 4.57. The number of aryl methyl sites for hydroxylation is 1. The highest BCUT2D eigenvalue weighted by Gasteiger charge is 2.14. The van der Waals surface area contributed by atoms with E-state index >= 15 is 0 Å². The quantitative estimate of drug-likeness (QED) is 0.870. The number of carbonyl (C=O) groups is 2. The lowest BCUT2D eigenvalue weighted by Crippen LogP contribution is -2.20. The zero-order valence-electron chi connectivity index (χ0n) is 10.7. The van der Waals surface area contributed by atoms with Crippen LogP contribution in [0.4, 0.5) is 5.69 Å². The number of amides is 1. The number of furan rings is 1. The Morgan fingerprint density at radius 1 is 1.20 bits per heavy atom. The van der Waals surface area contributed by atoms with E-state index in [9.17, 15) is 9.59 Å². The molecule has 0 saturated heterocycles. The lowest BCUT2D eigenvalue weighted by Gasteiger charge is -2.05. The molecule has 0 radical (unpaired) electrons. The van der Waals surface area contributed by atoms with Gasteiger partial charge < -0.3 is 14.5 Å². The highest BCUT2D eigenvalue weighted by atomic mass is 79.9. The summed E-state index contributed by atoms with van der Waals surface area (Å²) in [4.78, 5) is 23.2. The van der Waals surface area contributed by atoms with Crippen LogP contribution in [0.2, 0.25) is 0 Å². The maximum absolute atomic E-state index is 11.6. The zero-order valence-corrected chi connectivity index (χ0v) is 12.3. The van der Waals surface area contributed by atoms with E-state index in [1.807, 2.05) is 19.1 Å². The van der Waals surface area contributed by atoms with E-state index in [1.165, 1.54) is 6.07 Å². The van der Waals surface area contributed by atoms with Crippen molar-refractivity contribution in [3.63, 3.8) is 0 Å². The normalized spacial score (nSPS) is 10.1. The summed E-state index contributed by atoms with van der Waals surface area (Å²) in [6.45, 7) is 1.58. The summed E-state index contributed by atoms with van der Waals surface area (Å²) in [6, 6.07) is 10.3. The van der Waals surface area contributed by atoms with Crippen LogP contribution in [-0.2, 0) is 9.53 Å². The number of hydrogen-bond donors (Lipinski definition) is 1. The van der Waals surface area contributed by atoms with E-state index < -0.39 is 11.9 Å². The summed E-state index contributed by atoms with van der Waals surface area (Å²) in [5.74, 6) is -1.05. The van der Waals surface area contributed by atoms with E-state index in [2.05, 4.69) is 21.2 Å². The van der Waals surface area contributed by atoms with Gasteiger partial charge in [-0.05, 0) is 47.1 Å². The molecule has 5 nitrogen and oxygen atoms in total. The van der Waals surface area contributed by atoms with Crippen LogP contribution in [-0.4, -0.2) is 18.5 Å². The second-order valence-corrected chi connectivity index (χ2v) is 4.88. The minimum atomic E-state index is -0.685. The fraction of sp³-hybridized carbons (Fsp3) is 0.143. The maximum Gasteiger partial charge on any atom is 0.374 e. The van der Waals surface area contributed by atoms with E-state index in [1.54, 1.807) is 18.2 Å². The van der Waals surface area contributed by atoms with Gasteiger partial charge in [-0.3, -0.25) is 4.79 Å². The van der Waals surface area contributed by atoms with Crippen LogP contribution in [0.3, 0.4) is 0 Å². The number of esters is 1. The molecule has 0 aliphatic heterocycles. The SMILES string of the molecule is Cc1ccc(NC(=O)COC(=O)c2ccc(Br)o2)cc1. The lowest BCUT2D eigenvalue weighted by atomic mass is 10.2. The molecular formula is C14H12BrNO4. The van der Waals surface area contributed by atoms with Crippen LogP contribution in [0.1, 0.15) is 16.1 Å². The predicted octanol–water partition coefficient (Wildman–Crippen LogP) is 3.15. The Bertz CT molecular complexity index is 618. The topological polar surface area (TPSA) is 68.5 Å². The minimum Gasteiger partial charge on any atom is -0.450 e. The molecule has 1 aromatic carbocycles. The Balaban J connectivity index is 1.83. The first-order valence-electron chi connectivity index (χ1n) is 5.83. The van der Waals surface area contributed by atoms with Crippen molar-refractivity contribution in [1.82, 2.24) is 0 Å². The van der Waals surface area contributed by atoms with Crippen molar-refractivity contribution in [1.29, 1.82) is 0 Å². The van der Waals surface area contributed by atoms with Gasteiger partial charge in [-0.2, -0.15) is 0 Å². The van der Waals surface area contributed by atoms with Crippen molar-refractivity contribution in [2.45, 2.75) is 6.92 Å². The van der Waals surface area contributed by atoms with Crippen LogP contribution in [0.15, 0.2) is 45.5 Å². The van der Waals surface area contributed by atoms with Gasteiger partial charge in [0.15, 0.2) is 11.3 Å². The van der Waals surface area contributed by atoms with Crippen molar-refractivity contribution >= 4 is 33.5 Å². The number of rotatable bonds is 4. The maximum atomic E-state index is 11.6. The van der Waals surface area contributed by atoms with Crippen LogP contribution >= 0.6 is 15.9 Å². The zero-order chi connectivity index (χ0) is 14.5. The Hall–Kier alpha value is -2.08. The van der Waals surface area contributed by atoms with Gasteiger partial charge in [-0.25, -0.2) is 4.79 Å². The molecule has 0 bridgehead atoms. The number of hydrogen-bond acceptors (Lipinski definition) is 4. The second-order valence-electron chi connectivity index (χ2n) is 4.09. The van der Waals surface area contributed by atoms with Gasteiger partial charge >= 0.3 is 5.97 Å². The van der Waals surface area contributed by atoms with Gasteiger partial charge in [0.05, 0.1) is 0 Å². The Morgan fingerprint density at radius 2 is 1.90 bits per heavy atom. The van der Waals surface area contributed by atoms with Crippen LogP contribution in [0.5, 0.6) is 0 Å². The molecule has 0 aliphatic carbocycles. The Labute approximate surface area is 124 Å². The average molecular weight is 338 g/mol. The van der Waals surface area contributed by atoms with Crippen LogP contribution in [0.25, 0.3) is 0 Å². The molecule has 1 N–H and O–H groups in total. The molecule has 1 amide bonds. The van der Waals surface area contributed by atoms with Crippen molar-refractivity contribution in [2.24, 2.45) is 0 Å². The molecule has 1 heterocycles. The van der Waals surface area contributed by atoms with Gasteiger partial charge in [-0.15, -0.1) is 0 Å². The first-order valence-corrected chi connectivity index (χ1v) is 6.63. The summed E-state index contributed by atoms with van der Waals surface area (Å²) in [6.07, 6.45) is 0. The van der Waals surface area contributed by atoms with E-state index in [0.717, 1.165) is 5.56 Å². The van der Waals surface area contributed by atoms with Gasteiger partial charge in [0, 0.05) is 5.69 Å². The van der Waals surface area contributed by atoms with Crippen molar-refractivity contribution in [3.05, 3.63) is 52.4 Å². The fourth-order valence-electron chi connectivity index (χ4n) is 1.46. The molecule has 1 aromatic heterocycles. The number of halogens is 1. The highest BCUT2D eigenvalue weighted by Crippen LogP contribution is 2.14. The van der Waals surface area contributed by atoms with Gasteiger partial charge in [0.1, 0.15) is 0 Å². The first-order chi connectivity index (χ1) is 9.54. The molecule has 0 atom stereocenters. The summed E-state index contributed by atoms with van der Waals surface area (Å²) in [7, 11) is 0. The van der Waals surface area contributed by atoms with Crippen molar-refractivity contribution in [3.8, 4) is 0 Å². The van der Waals surface area contributed by atoms with E-state index in [4.69, 9.17) is 9.15 Å². The van der Waals surface area contributed by atoms with Crippen LogP contribution < -0.4 is 5.32 Å². The second kappa shape index (κ2) is 6.38. The molecule has 0 fully saturated rings. The number of nitrogens with one attached hydrogen (secondary N) is 1. The molecule has 2 rings (SSSR count). The molecule has 6 heteroatoms. The number of anilines is 1. The first kappa shape index (κ1) is 14.3. The van der Waals surface area contributed by atoms with Gasteiger partial charge in [0.25, 0.3) is 5.91 Å². The van der Waals surface area contributed by atoms with E-state index in [0.29, 0.717) is 10.4 Å². The molecule has 0 saturated carbocycles. The standard InChI is InChI=1S/C14H12BrNO4/c1-9-2-4-10(5-3-9)16-13(17)8-19-14(18)11-6-7-12(15)20-11/h2-7H,8H2,1H3,(H,16,17). The smallest absolute Gasteiger partial charge is 0.374 e. The van der Waals surface area contributed by atoms with Crippen molar-refractivity contribution < 1.29 is 18.7 Å². The third kappa shape index (κ3) is 3.96.